The zero-order valence-corrected chi connectivity index (χ0v) is 14.1. The molecule has 1 aromatic carbocycles. The Balaban J connectivity index is 1.44. The van der Waals surface area contributed by atoms with Crippen LogP contribution >= 0.6 is 0 Å². The van der Waals surface area contributed by atoms with Gasteiger partial charge in [-0.05, 0) is 48.9 Å². The van der Waals surface area contributed by atoms with Crippen LogP contribution in [0.15, 0.2) is 48.8 Å². The second-order valence-corrected chi connectivity index (χ2v) is 6.82. The summed E-state index contributed by atoms with van der Waals surface area (Å²) >= 11 is 0. The van der Waals surface area contributed by atoms with Crippen LogP contribution in [0.1, 0.15) is 24.8 Å². The molecule has 1 saturated heterocycles. The van der Waals surface area contributed by atoms with Gasteiger partial charge in [0.15, 0.2) is 0 Å². The van der Waals surface area contributed by atoms with Crippen molar-refractivity contribution in [2.45, 2.75) is 37.9 Å². The smallest absolute Gasteiger partial charge is 0.123 e. The minimum atomic E-state index is 0.496. The van der Waals surface area contributed by atoms with Crippen LogP contribution in [0.25, 0.3) is 0 Å². The van der Waals surface area contributed by atoms with Crippen LogP contribution in [-0.4, -0.2) is 35.7 Å². The number of hydrogen-bond donors (Lipinski definition) is 0. The monoisotopic (exact) mass is 324 g/mol. The van der Waals surface area contributed by atoms with Gasteiger partial charge in [0, 0.05) is 37.1 Å². The molecule has 0 N–H and O–H groups in total. The molecule has 2 aliphatic rings. The Hall–Kier alpha value is -2.07. The SMILES string of the molecule is COc1cccc(OC[C@@H]2[C@H]3CC[C@H](C3)N2Cc2cccnc2)c1. The minimum Gasteiger partial charge on any atom is -0.497 e. The molecule has 4 heteroatoms. The van der Waals surface area contributed by atoms with E-state index in [2.05, 4.69) is 16.0 Å². The Labute approximate surface area is 143 Å². The normalized spacial score (nSPS) is 25.8. The molecule has 2 bridgehead atoms. The maximum atomic E-state index is 6.12. The second-order valence-electron chi connectivity index (χ2n) is 6.82. The highest BCUT2D eigenvalue weighted by Gasteiger charge is 2.45. The lowest BCUT2D eigenvalue weighted by atomic mass is 9.99. The maximum Gasteiger partial charge on any atom is 0.123 e. The van der Waals surface area contributed by atoms with Gasteiger partial charge in [0.05, 0.1) is 7.11 Å². The highest BCUT2D eigenvalue weighted by Crippen LogP contribution is 2.43. The quantitative estimate of drug-likeness (QED) is 0.814. The van der Waals surface area contributed by atoms with Crippen molar-refractivity contribution in [2.24, 2.45) is 5.92 Å². The van der Waals surface area contributed by atoms with Gasteiger partial charge in [0.1, 0.15) is 18.1 Å². The maximum absolute atomic E-state index is 6.12. The molecule has 0 spiro atoms. The molecule has 0 radical (unpaired) electrons. The number of methoxy groups -OCH3 is 1. The molecule has 2 heterocycles. The van der Waals surface area contributed by atoms with Crippen LogP contribution in [0.3, 0.4) is 0 Å². The zero-order valence-electron chi connectivity index (χ0n) is 14.1. The lowest BCUT2D eigenvalue weighted by Crippen LogP contribution is -2.43. The third-order valence-electron chi connectivity index (χ3n) is 5.43. The fraction of sp³-hybridized carbons (Fsp3) is 0.450. The van der Waals surface area contributed by atoms with Crippen molar-refractivity contribution in [1.29, 1.82) is 0 Å². The molecular weight excluding hydrogens is 300 g/mol. The summed E-state index contributed by atoms with van der Waals surface area (Å²) in [5.41, 5.74) is 1.29. The van der Waals surface area contributed by atoms with Crippen LogP contribution < -0.4 is 9.47 Å². The molecule has 0 amide bonds. The van der Waals surface area contributed by atoms with Gasteiger partial charge in [-0.2, -0.15) is 0 Å². The summed E-state index contributed by atoms with van der Waals surface area (Å²) in [6.07, 6.45) is 7.78. The molecule has 24 heavy (non-hydrogen) atoms. The van der Waals surface area contributed by atoms with Crippen LogP contribution in [0.5, 0.6) is 11.5 Å². The van der Waals surface area contributed by atoms with Crippen molar-refractivity contribution in [3.8, 4) is 11.5 Å². The van der Waals surface area contributed by atoms with E-state index in [9.17, 15) is 0 Å². The third-order valence-corrected chi connectivity index (χ3v) is 5.43. The predicted molar refractivity (Wildman–Crippen MR) is 93.2 cm³/mol. The van der Waals surface area contributed by atoms with Crippen LogP contribution in [-0.2, 0) is 6.54 Å². The molecule has 126 valence electrons. The van der Waals surface area contributed by atoms with E-state index in [4.69, 9.17) is 9.47 Å². The van der Waals surface area contributed by atoms with Gasteiger partial charge >= 0.3 is 0 Å². The lowest BCUT2D eigenvalue weighted by molar-refractivity contribution is 0.0866. The molecule has 3 atom stereocenters. The first-order valence-corrected chi connectivity index (χ1v) is 8.75. The minimum absolute atomic E-state index is 0.496. The molecule has 4 rings (SSSR count). The van der Waals surface area contributed by atoms with Crippen LogP contribution in [0.2, 0.25) is 0 Å². The summed E-state index contributed by atoms with van der Waals surface area (Å²) in [5.74, 6) is 2.49. The number of hydrogen-bond acceptors (Lipinski definition) is 4. The van der Waals surface area contributed by atoms with Gasteiger partial charge in [-0.3, -0.25) is 9.88 Å². The van der Waals surface area contributed by atoms with Crippen molar-refractivity contribution in [3.63, 3.8) is 0 Å². The third kappa shape index (κ3) is 3.11. The Morgan fingerprint density at radius 2 is 2.08 bits per heavy atom. The van der Waals surface area contributed by atoms with Crippen molar-refractivity contribution >= 4 is 0 Å². The first kappa shape index (κ1) is 15.5. The summed E-state index contributed by atoms with van der Waals surface area (Å²) in [6.45, 7) is 1.72. The van der Waals surface area contributed by atoms with Gasteiger partial charge in [-0.15, -0.1) is 0 Å². The number of piperidine rings is 1. The van der Waals surface area contributed by atoms with Gasteiger partial charge in [-0.25, -0.2) is 0 Å². The van der Waals surface area contributed by atoms with Gasteiger partial charge in [0.25, 0.3) is 0 Å². The molecule has 1 saturated carbocycles. The second kappa shape index (κ2) is 6.81. The zero-order chi connectivity index (χ0) is 16.4. The molecule has 0 unspecified atom stereocenters. The van der Waals surface area contributed by atoms with E-state index in [0.29, 0.717) is 12.1 Å². The molecule has 1 aliphatic heterocycles. The van der Waals surface area contributed by atoms with Gasteiger partial charge in [0.2, 0.25) is 0 Å². The summed E-state index contributed by atoms with van der Waals surface area (Å²) in [6, 6.07) is 13.3. The molecule has 2 aromatic rings. The topological polar surface area (TPSA) is 34.6 Å². The number of pyridine rings is 1. The van der Waals surface area contributed by atoms with Crippen LogP contribution in [0, 0.1) is 5.92 Å². The Morgan fingerprint density at radius 1 is 1.17 bits per heavy atom. The van der Waals surface area contributed by atoms with Crippen molar-refractivity contribution in [1.82, 2.24) is 9.88 Å². The number of rotatable bonds is 6. The molecule has 2 fully saturated rings. The molecule has 4 nitrogen and oxygen atoms in total. The fourth-order valence-corrected chi connectivity index (χ4v) is 4.24. The number of likely N-dealkylation sites (tertiary alicyclic amines) is 1. The number of benzene rings is 1. The summed E-state index contributed by atoms with van der Waals surface area (Å²) in [4.78, 5) is 6.89. The Bertz CT molecular complexity index is 676. The first-order chi connectivity index (χ1) is 11.8. The first-order valence-electron chi connectivity index (χ1n) is 8.75. The average molecular weight is 324 g/mol. The number of fused-ring (bicyclic) bond motifs is 2. The van der Waals surface area contributed by atoms with Gasteiger partial charge < -0.3 is 9.47 Å². The van der Waals surface area contributed by atoms with Gasteiger partial charge in [-0.1, -0.05) is 12.1 Å². The van der Waals surface area contributed by atoms with E-state index in [1.807, 2.05) is 42.7 Å². The standard InChI is InChI=1S/C20H24N2O2/c1-23-18-5-2-6-19(11-18)24-14-20-16-7-8-17(10-16)22(20)13-15-4-3-9-21-12-15/h2-6,9,11-12,16-17,20H,7-8,10,13-14H2,1H3/t16-,17+,20+/m0/s1. The Morgan fingerprint density at radius 3 is 2.92 bits per heavy atom. The van der Waals surface area contributed by atoms with Crippen molar-refractivity contribution in [2.75, 3.05) is 13.7 Å². The largest absolute Gasteiger partial charge is 0.497 e. The van der Waals surface area contributed by atoms with E-state index < -0.39 is 0 Å². The highest BCUT2D eigenvalue weighted by molar-refractivity contribution is 5.32. The number of aromatic nitrogens is 1. The average Bonchev–Trinajstić information content (AvgIpc) is 3.23. The fourth-order valence-electron chi connectivity index (χ4n) is 4.24. The van der Waals surface area contributed by atoms with Crippen LogP contribution in [0.4, 0.5) is 0 Å². The number of ether oxygens (including phenoxy) is 2. The molecule has 1 aromatic heterocycles. The predicted octanol–water partition coefficient (Wildman–Crippen LogP) is 3.52. The van der Waals surface area contributed by atoms with Crippen molar-refractivity contribution in [3.05, 3.63) is 54.4 Å². The summed E-state index contributed by atoms with van der Waals surface area (Å²) < 4.78 is 11.4. The van der Waals surface area contributed by atoms with E-state index in [0.717, 1.165) is 30.6 Å². The summed E-state index contributed by atoms with van der Waals surface area (Å²) in [5, 5.41) is 0. The van der Waals surface area contributed by atoms with E-state index >= 15 is 0 Å². The van der Waals surface area contributed by atoms with Crippen molar-refractivity contribution < 1.29 is 9.47 Å². The lowest BCUT2D eigenvalue weighted by Gasteiger charge is -2.35. The van der Waals surface area contributed by atoms with E-state index in [-0.39, 0.29) is 0 Å². The molecule has 1 aliphatic carbocycles. The summed E-state index contributed by atoms with van der Waals surface area (Å²) in [7, 11) is 1.69. The number of nitrogens with zero attached hydrogens (tertiary/aromatic N) is 2. The van der Waals surface area contributed by atoms with E-state index in [1.165, 1.54) is 24.8 Å². The molecular formula is C20H24N2O2. The van der Waals surface area contributed by atoms with E-state index in [1.54, 1.807) is 7.11 Å². The highest BCUT2D eigenvalue weighted by atomic mass is 16.5. The Kier molecular flexibility index (Phi) is 4.39.